The van der Waals surface area contributed by atoms with Gasteiger partial charge in [0.2, 0.25) is 5.91 Å². The molecule has 0 spiro atoms. The topological polar surface area (TPSA) is 61.4 Å². The van der Waals surface area contributed by atoms with Crippen molar-refractivity contribution in [3.63, 3.8) is 0 Å². The minimum absolute atomic E-state index is 0.0546. The predicted octanol–water partition coefficient (Wildman–Crippen LogP) is 1.69. The lowest BCUT2D eigenvalue weighted by atomic mass is 10.0. The van der Waals surface area contributed by atoms with Crippen LogP contribution in [0.2, 0.25) is 0 Å². The van der Waals surface area contributed by atoms with E-state index in [1.807, 2.05) is 24.3 Å². The number of amides is 1. The van der Waals surface area contributed by atoms with E-state index in [9.17, 15) is 4.79 Å². The number of carbonyl (C=O) groups excluding carboxylic acids is 1. The first kappa shape index (κ1) is 14.0. The second-order valence-electron chi connectivity index (χ2n) is 5.02. The van der Waals surface area contributed by atoms with Crippen LogP contribution < -0.4 is 10.6 Å². The Hall–Kier alpha value is -1.39. The Morgan fingerprint density at radius 3 is 3.05 bits per heavy atom. The third-order valence-corrected chi connectivity index (χ3v) is 3.44. The van der Waals surface area contributed by atoms with Gasteiger partial charge in [-0.05, 0) is 49.9 Å². The van der Waals surface area contributed by atoms with Crippen LogP contribution >= 0.6 is 0 Å². The Bertz CT molecular complexity index is 414. The zero-order valence-electron chi connectivity index (χ0n) is 11.2. The van der Waals surface area contributed by atoms with Crippen LogP contribution in [0.1, 0.15) is 31.2 Å². The van der Waals surface area contributed by atoms with Gasteiger partial charge < -0.3 is 15.7 Å². The highest BCUT2D eigenvalue weighted by molar-refractivity contribution is 5.94. The Labute approximate surface area is 114 Å². The van der Waals surface area contributed by atoms with Crippen molar-refractivity contribution in [1.82, 2.24) is 5.32 Å². The van der Waals surface area contributed by atoms with Gasteiger partial charge in [0.1, 0.15) is 0 Å². The first-order valence-electron chi connectivity index (χ1n) is 7.03. The molecular formula is C15H22N2O2. The molecule has 1 atom stereocenters. The Kier molecular flexibility index (Phi) is 5.36. The van der Waals surface area contributed by atoms with Gasteiger partial charge in [-0.3, -0.25) is 4.79 Å². The summed E-state index contributed by atoms with van der Waals surface area (Å²) in [7, 11) is 0. The summed E-state index contributed by atoms with van der Waals surface area (Å²) in [4.78, 5) is 12.1. The molecule has 4 nitrogen and oxygen atoms in total. The Balaban J connectivity index is 1.92. The molecule has 0 bridgehead atoms. The fourth-order valence-corrected chi connectivity index (χ4v) is 2.39. The van der Waals surface area contributed by atoms with Crippen molar-refractivity contribution in [3.05, 3.63) is 29.8 Å². The lowest BCUT2D eigenvalue weighted by molar-refractivity contribution is -0.118. The number of carbonyl (C=O) groups is 1. The summed E-state index contributed by atoms with van der Waals surface area (Å²) in [5.74, 6) is 0.0546. The molecule has 0 unspecified atom stereocenters. The van der Waals surface area contributed by atoms with Crippen LogP contribution in [0.5, 0.6) is 0 Å². The Morgan fingerprint density at radius 1 is 1.42 bits per heavy atom. The summed E-state index contributed by atoms with van der Waals surface area (Å²) in [6, 6.07) is 7.79. The molecule has 1 aromatic rings. The molecule has 3 N–H and O–H groups in total. The summed E-state index contributed by atoms with van der Waals surface area (Å²) in [5.41, 5.74) is 1.98. The molecule has 19 heavy (non-hydrogen) atoms. The molecule has 1 aliphatic rings. The van der Waals surface area contributed by atoms with Crippen LogP contribution in [0, 0.1) is 0 Å². The summed E-state index contributed by atoms with van der Waals surface area (Å²) in [5, 5.41) is 15.0. The summed E-state index contributed by atoms with van der Waals surface area (Å²) in [6.45, 7) is 1.12. The molecule has 1 fully saturated rings. The van der Waals surface area contributed by atoms with Crippen molar-refractivity contribution in [2.75, 3.05) is 18.5 Å². The van der Waals surface area contributed by atoms with E-state index in [4.69, 9.17) is 5.11 Å². The number of aryl methyl sites for hydroxylation is 1. The molecule has 1 aromatic carbocycles. The van der Waals surface area contributed by atoms with E-state index < -0.39 is 0 Å². The maximum atomic E-state index is 12.1. The number of aliphatic hydroxyl groups is 1. The van der Waals surface area contributed by atoms with Gasteiger partial charge >= 0.3 is 0 Å². The number of anilines is 1. The molecule has 1 saturated heterocycles. The second-order valence-corrected chi connectivity index (χ2v) is 5.02. The van der Waals surface area contributed by atoms with E-state index in [0.29, 0.717) is 0 Å². The van der Waals surface area contributed by atoms with E-state index in [0.717, 1.165) is 49.9 Å². The molecule has 2 rings (SSSR count). The minimum Gasteiger partial charge on any atom is -0.396 e. The first-order valence-corrected chi connectivity index (χ1v) is 7.03. The number of nitrogens with one attached hydrogen (secondary N) is 2. The largest absolute Gasteiger partial charge is 0.396 e. The van der Waals surface area contributed by atoms with Crippen LogP contribution in [0.25, 0.3) is 0 Å². The fourth-order valence-electron chi connectivity index (χ4n) is 2.39. The maximum absolute atomic E-state index is 12.1. The number of rotatable bonds is 5. The van der Waals surface area contributed by atoms with Crippen LogP contribution in [-0.4, -0.2) is 30.2 Å². The molecule has 0 saturated carbocycles. The molecule has 104 valence electrons. The van der Waals surface area contributed by atoms with E-state index in [1.165, 1.54) is 0 Å². The second kappa shape index (κ2) is 7.26. The summed E-state index contributed by atoms with van der Waals surface area (Å²) in [6.07, 6.45) is 4.77. The fraction of sp³-hybridized carbons (Fsp3) is 0.533. The van der Waals surface area contributed by atoms with Crippen molar-refractivity contribution in [2.24, 2.45) is 0 Å². The summed E-state index contributed by atoms with van der Waals surface area (Å²) >= 11 is 0. The third kappa shape index (κ3) is 4.33. The monoisotopic (exact) mass is 262 g/mol. The van der Waals surface area contributed by atoms with Gasteiger partial charge in [-0.2, -0.15) is 0 Å². The van der Waals surface area contributed by atoms with Crippen LogP contribution in [0.3, 0.4) is 0 Å². The zero-order chi connectivity index (χ0) is 13.5. The average Bonchev–Trinajstić information content (AvgIpc) is 2.46. The normalized spacial score (nSPS) is 19.1. The molecule has 0 aromatic heterocycles. The minimum atomic E-state index is -0.0603. The van der Waals surface area contributed by atoms with Crippen molar-refractivity contribution < 1.29 is 9.90 Å². The van der Waals surface area contributed by atoms with Crippen LogP contribution in [-0.2, 0) is 11.2 Å². The number of piperidine rings is 1. The molecule has 1 amide bonds. The molecule has 1 aliphatic heterocycles. The van der Waals surface area contributed by atoms with Gasteiger partial charge in [0.25, 0.3) is 0 Å². The number of hydrogen-bond acceptors (Lipinski definition) is 3. The highest BCUT2D eigenvalue weighted by Gasteiger charge is 2.20. The highest BCUT2D eigenvalue weighted by Crippen LogP contribution is 2.14. The highest BCUT2D eigenvalue weighted by atomic mass is 16.2. The van der Waals surface area contributed by atoms with Gasteiger partial charge in [-0.1, -0.05) is 18.6 Å². The smallest absolute Gasteiger partial charge is 0.241 e. The van der Waals surface area contributed by atoms with Crippen molar-refractivity contribution in [3.8, 4) is 0 Å². The van der Waals surface area contributed by atoms with E-state index in [-0.39, 0.29) is 18.6 Å². The molecule has 0 aliphatic carbocycles. The first-order chi connectivity index (χ1) is 9.29. The lowest BCUT2D eigenvalue weighted by Gasteiger charge is -2.22. The van der Waals surface area contributed by atoms with Gasteiger partial charge in [-0.25, -0.2) is 0 Å². The van der Waals surface area contributed by atoms with Gasteiger partial charge in [0, 0.05) is 12.3 Å². The van der Waals surface area contributed by atoms with Gasteiger partial charge in [0.05, 0.1) is 6.04 Å². The van der Waals surface area contributed by atoms with Gasteiger partial charge in [0.15, 0.2) is 0 Å². The zero-order valence-corrected chi connectivity index (χ0v) is 11.2. The number of benzene rings is 1. The number of aliphatic hydroxyl groups excluding tert-OH is 1. The Morgan fingerprint density at radius 2 is 2.32 bits per heavy atom. The van der Waals surface area contributed by atoms with Crippen molar-refractivity contribution in [2.45, 2.75) is 38.1 Å². The number of hydrogen-bond donors (Lipinski definition) is 3. The predicted molar refractivity (Wildman–Crippen MR) is 76.1 cm³/mol. The summed E-state index contributed by atoms with van der Waals surface area (Å²) < 4.78 is 0. The third-order valence-electron chi connectivity index (χ3n) is 3.44. The lowest BCUT2D eigenvalue weighted by Crippen LogP contribution is -2.43. The SMILES string of the molecule is O=C(Nc1cccc(CCCO)c1)[C@H]1CCCCN1. The van der Waals surface area contributed by atoms with Crippen LogP contribution in [0.15, 0.2) is 24.3 Å². The van der Waals surface area contributed by atoms with Crippen LogP contribution in [0.4, 0.5) is 5.69 Å². The van der Waals surface area contributed by atoms with Gasteiger partial charge in [-0.15, -0.1) is 0 Å². The molecule has 1 heterocycles. The molecule has 4 heteroatoms. The standard InChI is InChI=1S/C15H22N2O2/c18-10-4-6-12-5-3-7-13(11-12)17-15(19)14-8-1-2-9-16-14/h3,5,7,11,14,16,18H,1-2,4,6,8-10H2,(H,17,19)/t14-/m1/s1. The maximum Gasteiger partial charge on any atom is 0.241 e. The van der Waals surface area contributed by atoms with Crippen molar-refractivity contribution >= 4 is 11.6 Å². The molecule has 0 radical (unpaired) electrons. The van der Waals surface area contributed by atoms with E-state index in [1.54, 1.807) is 0 Å². The van der Waals surface area contributed by atoms with Crippen molar-refractivity contribution in [1.29, 1.82) is 0 Å². The quantitative estimate of drug-likeness (QED) is 0.757. The molecular weight excluding hydrogens is 240 g/mol. The average molecular weight is 262 g/mol. The van der Waals surface area contributed by atoms with E-state index in [2.05, 4.69) is 10.6 Å². The van der Waals surface area contributed by atoms with E-state index >= 15 is 0 Å².